The van der Waals surface area contributed by atoms with Crippen LogP contribution in [0.2, 0.25) is 0 Å². The van der Waals surface area contributed by atoms with Gasteiger partial charge in [0.05, 0.1) is 38.4 Å². The van der Waals surface area contributed by atoms with Gasteiger partial charge in [-0.25, -0.2) is 9.59 Å². The van der Waals surface area contributed by atoms with Crippen molar-refractivity contribution in [3.8, 4) is 11.5 Å². The maximum Gasteiger partial charge on any atom is 0.414 e. The number of amides is 2. The third kappa shape index (κ3) is 5.50. The molecule has 0 aliphatic carbocycles. The van der Waals surface area contributed by atoms with Crippen molar-refractivity contribution in [1.82, 2.24) is 4.90 Å². The summed E-state index contributed by atoms with van der Waals surface area (Å²) in [5.74, 6) is 1.16. The first kappa shape index (κ1) is 25.5. The molecular weight excluding hydrogens is 460 g/mol. The van der Waals surface area contributed by atoms with Crippen LogP contribution in [0, 0.1) is 0 Å². The Balaban J connectivity index is 2.12. The summed E-state index contributed by atoms with van der Waals surface area (Å²) in [6, 6.07) is 12.6. The van der Waals surface area contributed by atoms with E-state index in [0.717, 1.165) is 11.1 Å². The molecule has 1 aliphatic rings. The van der Waals surface area contributed by atoms with Crippen LogP contribution in [0.5, 0.6) is 11.5 Å². The van der Waals surface area contributed by atoms with Crippen LogP contribution in [-0.4, -0.2) is 56.4 Å². The zero-order valence-corrected chi connectivity index (χ0v) is 20.7. The molecule has 0 saturated carbocycles. The van der Waals surface area contributed by atoms with E-state index in [2.05, 4.69) is 0 Å². The van der Waals surface area contributed by atoms with E-state index in [1.165, 1.54) is 7.11 Å². The standard InChI is InChI=1S/C25H31ClN2O6/c1-5-33-24(29)27(16-18-9-7-6-8-10-18)20-13-17(2)28(25(30)34-12-11-26)21-15-23(32-4)22(31-3)14-19(20)21/h6-10,14-15,17,20H,5,11-13,16H2,1-4H3/t17-,20+/m0/s1. The second-order valence-electron chi connectivity index (χ2n) is 7.85. The van der Waals surface area contributed by atoms with Gasteiger partial charge in [-0.3, -0.25) is 9.80 Å². The fourth-order valence-corrected chi connectivity index (χ4v) is 4.29. The molecule has 1 aliphatic heterocycles. The minimum Gasteiger partial charge on any atom is -0.493 e. The molecule has 9 heteroatoms. The second-order valence-corrected chi connectivity index (χ2v) is 8.23. The van der Waals surface area contributed by atoms with Crippen molar-refractivity contribution in [3.05, 3.63) is 53.6 Å². The summed E-state index contributed by atoms with van der Waals surface area (Å²) in [5, 5.41) is 0. The summed E-state index contributed by atoms with van der Waals surface area (Å²) in [7, 11) is 3.08. The molecule has 0 saturated heterocycles. The molecule has 0 aromatic heterocycles. The largest absolute Gasteiger partial charge is 0.493 e. The molecule has 184 valence electrons. The van der Waals surface area contributed by atoms with Crippen molar-refractivity contribution in [2.45, 2.75) is 38.9 Å². The fraction of sp³-hybridized carbons (Fsp3) is 0.440. The highest BCUT2D eigenvalue weighted by molar-refractivity contribution is 6.18. The van der Waals surface area contributed by atoms with Gasteiger partial charge in [-0.15, -0.1) is 11.6 Å². The van der Waals surface area contributed by atoms with Crippen LogP contribution in [-0.2, 0) is 16.0 Å². The molecular formula is C25H31ClN2O6. The lowest BCUT2D eigenvalue weighted by Crippen LogP contribution is -2.48. The van der Waals surface area contributed by atoms with Gasteiger partial charge in [-0.05, 0) is 31.9 Å². The van der Waals surface area contributed by atoms with Crippen molar-refractivity contribution in [2.24, 2.45) is 0 Å². The first-order valence-electron chi connectivity index (χ1n) is 11.2. The number of fused-ring (bicyclic) bond motifs is 1. The molecule has 0 bridgehead atoms. The predicted octanol–water partition coefficient (Wildman–Crippen LogP) is 5.38. The van der Waals surface area contributed by atoms with E-state index in [9.17, 15) is 9.59 Å². The highest BCUT2D eigenvalue weighted by Crippen LogP contribution is 2.46. The minimum atomic E-state index is -0.509. The van der Waals surface area contributed by atoms with E-state index < -0.39 is 12.2 Å². The summed E-state index contributed by atoms with van der Waals surface area (Å²) >= 11 is 5.72. The third-order valence-electron chi connectivity index (χ3n) is 5.73. The van der Waals surface area contributed by atoms with Crippen molar-refractivity contribution in [2.75, 3.05) is 38.2 Å². The molecule has 0 spiro atoms. The number of carbonyl (C=O) groups excluding carboxylic acids is 2. The Morgan fingerprint density at radius 3 is 2.38 bits per heavy atom. The topological polar surface area (TPSA) is 77.5 Å². The van der Waals surface area contributed by atoms with E-state index >= 15 is 0 Å². The molecule has 0 N–H and O–H groups in total. The lowest BCUT2D eigenvalue weighted by molar-refractivity contribution is 0.0809. The highest BCUT2D eigenvalue weighted by Gasteiger charge is 2.40. The quantitative estimate of drug-likeness (QED) is 0.462. The first-order chi connectivity index (χ1) is 16.4. The number of ether oxygens (including phenoxy) is 4. The average molecular weight is 491 g/mol. The Labute approximate surface area is 205 Å². The van der Waals surface area contributed by atoms with Crippen LogP contribution < -0.4 is 14.4 Å². The van der Waals surface area contributed by atoms with E-state index in [0.29, 0.717) is 30.2 Å². The van der Waals surface area contributed by atoms with Crippen molar-refractivity contribution in [1.29, 1.82) is 0 Å². The lowest BCUT2D eigenvalue weighted by atomic mass is 9.90. The maximum atomic E-state index is 13.1. The van der Waals surface area contributed by atoms with Gasteiger partial charge in [-0.1, -0.05) is 30.3 Å². The molecule has 8 nitrogen and oxygen atoms in total. The number of alkyl halides is 1. The molecule has 34 heavy (non-hydrogen) atoms. The molecule has 2 atom stereocenters. The summed E-state index contributed by atoms with van der Waals surface area (Å²) in [4.78, 5) is 29.4. The second kappa shape index (κ2) is 11.8. The van der Waals surface area contributed by atoms with Gasteiger partial charge in [0.1, 0.15) is 6.61 Å². The van der Waals surface area contributed by atoms with E-state index in [4.69, 9.17) is 30.5 Å². The molecule has 0 fully saturated rings. The van der Waals surface area contributed by atoms with E-state index in [-0.39, 0.29) is 31.2 Å². The van der Waals surface area contributed by atoms with Crippen LogP contribution in [0.1, 0.15) is 37.4 Å². The number of hydrogen-bond acceptors (Lipinski definition) is 6. The maximum absolute atomic E-state index is 13.1. The summed E-state index contributed by atoms with van der Waals surface area (Å²) in [6.45, 7) is 4.39. The molecule has 3 rings (SSSR count). The van der Waals surface area contributed by atoms with Gasteiger partial charge in [0.15, 0.2) is 11.5 Å². The Morgan fingerprint density at radius 1 is 1.09 bits per heavy atom. The fourth-order valence-electron chi connectivity index (χ4n) is 4.21. The van der Waals surface area contributed by atoms with Crippen LogP contribution in [0.25, 0.3) is 0 Å². The molecule has 2 aromatic rings. The Bertz CT molecular complexity index is 987. The number of benzene rings is 2. The number of hydrogen-bond donors (Lipinski definition) is 0. The molecule has 0 radical (unpaired) electrons. The molecule has 0 unspecified atom stereocenters. The number of carbonyl (C=O) groups is 2. The average Bonchev–Trinajstić information content (AvgIpc) is 2.85. The SMILES string of the molecule is CCOC(=O)N(Cc1ccccc1)[C@@H]1C[C@H](C)N(C(=O)OCCCl)c2cc(OC)c(OC)cc21. The Morgan fingerprint density at radius 2 is 1.76 bits per heavy atom. The van der Waals surface area contributed by atoms with Gasteiger partial charge in [0.25, 0.3) is 0 Å². The zero-order chi connectivity index (χ0) is 24.7. The zero-order valence-electron chi connectivity index (χ0n) is 20.0. The molecule has 2 aromatic carbocycles. The normalized spacial score (nSPS) is 16.9. The number of nitrogens with zero attached hydrogens (tertiary/aromatic N) is 2. The number of rotatable bonds is 8. The lowest BCUT2D eigenvalue weighted by Gasteiger charge is -2.42. The monoisotopic (exact) mass is 490 g/mol. The Kier molecular flexibility index (Phi) is 8.87. The van der Waals surface area contributed by atoms with Crippen molar-refractivity contribution < 1.29 is 28.5 Å². The van der Waals surface area contributed by atoms with Gasteiger partial charge in [0, 0.05) is 24.2 Å². The van der Waals surface area contributed by atoms with Gasteiger partial charge < -0.3 is 18.9 Å². The summed E-state index contributed by atoms with van der Waals surface area (Å²) in [5.41, 5.74) is 2.29. The highest BCUT2D eigenvalue weighted by atomic mass is 35.5. The van der Waals surface area contributed by atoms with E-state index in [1.54, 1.807) is 29.9 Å². The Hall–Kier alpha value is -3.13. The van der Waals surface area contributed by atoms with Gasteiger partial charge in [-0.2, -0.15) is 0 Å². The molecule has 2 amide bonds. The number of methoxy groups -OCH3 is 2. The van der Waals surface area contributed by atoms with Gasteiger partial charge >= 0.3 is 12.2 Å². The first-order valence-corrected chi connectivity index (χ1v) is 11.7. The van der Waals surface area contributed by atoms with Crippen LogP contribution in [0.4, 0.5) is 15.3 Å². The van der Waals surface area contributed by atoms with Gasteiger partial charge in [0.2, 0.25) is 0 Å². The molecule has 1 heterocycles. The number of halogens is 1. The predicted molar refractivity (Wildman–Crippen MR) is 130 cm³/mol. The minimum absolute atomic E-state index is 0.0959. The number of anilines is 1. The summed E-state index contributed by atoms with van der Waals surface area (Å²) in [6.07, 6.45) is -0.460. The van der Waals surface area contributed by atoms with Crippen LogP contribution in [0.15, 0.2) is 42.5 Å². The van der Waals surface area contributed by atoms with Crippen LogP contribution >= 0.6 is 11.6 Å². The third-order valence-corrected chi connectivity index (χ3v) is 5.88. The van der Waals surface area contributed by atoms with Crippen molar-refractivity contribution >= 4 is 29.5 Å². The summed E-state index contributed by atoms with van der Waals surface area (Å²) < 4.78 is 21.8. The van der Waals surface area contributed by atoms with E-state index in [1.807, 2.05) is 43.3 Å². The smallest absolute Gasteiger partial charge is 0.414 e. The van der Waals surface area contributed by atoms with Crippen molar-refractivity contribution in [3.63, 3.8) is 0 Å². The van der Waals surface area contributed by atoms with Crippen LogP contribution in [0.3, 0.4) is 0 Å².